The molecule has 0 saturated carbocycles. The van der Waals surface area contributed by atoms with Crippen molar-refractivity contribution >= 4 is 27.3 Å². The van der Waals surface area contributed by atoms with Crippen LogP contribution >= 0.6 is 0 Å². The number of nitrogens with zero attached hydrogens (tertiary/aromatic N) is 1. The van der Waals surface area contributed by atoms with Gasteiger partial charge in [0.2, 0.25) is 11.8 Å². The van der Waals surface area contributed by atoms with E-state index in [1.165, 1.54) is 11.8 Å². The molecule has 1 unspecified atom stereocenters. The quantitative estimate of drug-likeness (QED) is 0.786. The zero-order chi connectivity index (χ0) is 18.4. The van der Waals surface area contributed by atoms with Gasteiger partial charge in [-0.05, 0) is 25.5 Å². The molecule has 1 heterocycles. The minimum Gasteiger partial charge on any atom is -0.492 e. The van der Waals surface area contributed by atoms with Gasteiger partial charge in [0.05, 0.1) is 23.8 Å². The fourth-order valence-corrected chi connectivity index (χ4v) is 4.64. The third-order valence-corrected chi connectivity index (χ3v) is 5.84. The van der Waals surface area contributed by atoms with Crippen molar-refractivity contribution in [1.29, 1.82) is 0 Å². The van der Waals surface area contributed by atoms with E-state index in [0.717, 1.165) is 0 Å². The largest absolute Gasteiger partial charge is 0.492 e. The average Bonchev–Trinajstić information content (AvgIpc) is 2.89. The molecule has 2 amide bonds. The highest BCUT2D eigenvalue weighted by Gasteiger charge is 2.33. The zero-order valence-corrected chi connectivity index (χ0v) is 15.3. The normalized spacial score (nSPS) is 18.6. The summed E-state index contributed by atoms with van der Waals surface area (Å²) in [5.74, 6) is 0.184. The predicted molar refractivity (Wildman–Crippen MR) is 95.3 cm³/mol. The van der Waals surface area contributed by atoms with Crippen LogP contribution in [0.5, 0.6) is 5.75 Å². The topological polar surface area (TPSA) is 92.8 Å². The number of nitrogens with one attached hydrogen (secondary N) is 1. The second kappa shape index (κ2) is 8.33. The highest BCUT2D eigenvalue weighted by Crippen LogP contribution is 2.24. The lowest BCUT2D eigenvalue weighted by Gasteiger charge is -2.26. The average molecular weight is 368 g/mol. The van der Waals surface area contributed by atoms with Crippen LogP contribution in [0.15, 0.2) is 24.3 Å². The van der Waals surface area contributed by atoms with Gasteiger partial charge in [-0.25, -0.2) is 8.42 Å². The number of hydrogen-bond donors (Lipinski definition) is 1. The Bertz CT molecular complexity index is 732. The number of hydrogen-bond acceptors (Lipinski definition) is 5. The summed E-state index contributed by atoms with van der Waals surface area (Å²) in [7, 11) is -3.08. The molecule has 2 rings (SSSR count). The van der Waals surface area contributed by atoms with Crippen LogP contribution in [0.1, 0.15) is 26.7 Å². The van der Waals surface area contributed by atoms with Crippen LogP contribution in [0.3, 0.4) is 0 Å². The molecule has 1 atom stereocenters. The van der Waals surface area contributed by atoms with Gasteiger partial charge < -0.3 is 15.0 Å². The summed E-state index contributed by atoms with van der Waals surface area (Å²) in [5.41, 5.74) is 0.576. The first-order valence-electron chi connectivity index (χ1n) is 8.31. The van der Waals surface area contributed by atoms with Crippen LogP contribution in [-0.4, -0.2) is 55.8 Å². The van der Waals surface area contributed by atoms with Crippen LogP contribution in [0, 0.1) is 0 Å². The van der Waals surface area contributed by atoms with Gasteiger partial charge in [0.25, 0.3) is 0 Å². The molecule has 1 saturated heterocycles. The van der Waals surface area contributed by atoms with Gasteiger partial charge >= 0.3 is 0 Å². The molecule has 0 spiro atoms. The number of carbonyl (C=O) groups excluding carboxylic acids is 2. The lowest BCUT2D eigenvalue weighted by molar-refractivity contribution is -0.131. The summed E-state index contributed by atoms with van der Waals surface area (Å²) in [6.45, 7) is 3.94. The summed E-state index contributed by atoms with van der Waals surface area (Å²) in [6, 6.07) is 6.78. The highest BCUT2D eigenvalue weighted by molar-refractivity contribution is 7.91. The maximum absolute atomic E-state index is 12.2. The number of ether oxygens (including phenoxy) is 1. The number of rotatable bonds is 7. The van der Waals surface area contributed by atoms with Gasteiger partial charge in [-0.15, -0.1) is 0 Å². The SMILES string of the molecule is CCOc1ccccc1NC(=O)CCN(C(C)=O)C1CCS(=O)(=O)C1. The Hall–Kier alpha value is -2.09. The van der Waals surface area contributed by atoms with E-state index in [2.05, 4.69) is 5.32 Å². The molecular formula is C17H24N2O5S. The lowest BCUT2D eigenvalue weighted by atomic mass is 10.2. The second-order valence-corrected chi connectivity index (χ2v) is 8.23. The monoisotopic (exact) mass is 368 g/mol. The van der Waals surface area contributed by atoms with E-state index >= 15 is 0 Å². The summed E-state index contributed by atoms with van der Waals surface area (Å²) in [4.78, 5) is 25.5. The Balaban J connectivity index is 1.95. The van der Waals surface area contributed by atoms with Gasteiger partial charge in [0.1, 0.15) is 5.75 Å². The Morgan fingerprint density at radius 3 is 2.64 bits per heavy atom. The second-order valence-electron chi connectivity index (χ2n) is 6.00. The van der Waals surface area contributed by atoms with Gasteiger partial charge in [0, 0.05) is 25.9 Å². The first kappa shape index (κ1) is 19.2. The van der Waals surface area contributed by atoms with E-state index in [0.29, 0.717) is 24.5 Å². The van der Waals surface area contributed by atoms with Crippen molar-refractivity contribution in [3.8, 4) is 5.75 Å². The molecule has 1 aliphatic heterocycles. The molecular weight excluding hydrogens is 344 g/mol. The van der Waals surface area contributed by atoms with E-state index in [9.17, 15) is 18.0 Å². The number of carbonyl (C=O) groups is 2. The Labute approximate surface area is 148 Å². The molecule has 8 heteroatoms. The molecule has 25 heavy (non-hydrogen) atoms. The zero-order valence-electron chi connectivity index (χ0n) is 14.5. The van der Waals surface area contributed by atoms with Crippen LogP contribution in [-0.2, 0) is 19.4 Å². The molecule has 1 fully saturated rings. The van der Waals surface area contributed by atoms with Crippen LogP contribution in [0.2, 0.25) is 0 Å². The van der Waals surface area contributed by atoms with Crippen molar-refractivity contribution in [1.82, 2.24) is 4.90 Å². The fraction of sp³-hybridized carbons (Fsp3) is 0.529. The van der Waals surface area contributed by atoms with E-state index < -0.39 is 9.84 Å². The van der Waals surface area contributed by atoms with Crippen molar-refractivity contribution in [2.45, 2.75) is 32.7 Å². The van der Waals surface area contributed by atoms with Gasteiger partial charge in [-0.2, -0.15) is 0 Å². The van der Waals surface area contributed by atoms with E-state index in [-0.39, 0.29) is 42.3 Å². The van der Waals surface area contributed by atoms with E-state index in [1.807, 2.05) is 13.0 Å². The van der Waals surface area contributed by atoms with E-state index in [1.54, 1.807) is 18.2 Å². The van der Waals surface area contributed by atoms with Crippen molar-refractivity contribution < 1.29 is 22.7 Å². The molecule has 0 bridgehead atoms. The molecule has 138 valence electrons. The van der Waals surface area contributed by atoms with Crippen molar-refractivity contribution in [2.75, 3.05) is 30.0 Å². The Morgan fingerprint density at radius 1 is 1.32 bits per heavy atom. The number of para-hydroxylation sites is 2. The number of anilines is 1. The summed E-state index contributed by atoms with van der Waals surface area (Å²) < 4.78 is 28.7. The minimum atomic E-state index is -3.08. The summed E-state index contributed by atoms with van der Waals surface area (Å²) in [5, 5.41) is 2.78. The molecule has 0 aliphatic carbocycles. The first-order valence-corrected chi connectivity index (χ1v) is 10.1. The minimum absolute atomic E-state index is 0.0264. The number of amides is 2. The summed E-state index contributed by atoms with van der Waals surface area (Å²) in [6.07, 6.45) is 0.521. The molecule has 7 nitrogen and oxygen atoms in total. The maximum Gasteiger partial charge on any atom is 0.226 e. The molecule has 1 aliphatic rings. The molecule has 0 aromatic heterocycles. The Kier molecular flexibility index (Phi) is 6.41. The van der Waals surface area contributed by atoms with Gasteiger partial charge in [-0.1, -0.05) is 12.1 Å². The van der Waals surface area contributed by atoms with Crippen molar-refractivity contribution in [3.05, 3.63) is 24.3 Å². The fourth-order valence-electron chi connectivity index (χ4n) is 2.90. The van der Waals surface area contributed by atoms with Crippen LogP contribution in [0.4, 0.5) is 5.69 Å². The number of sulfone groups is 1. The lowest BCUT2D eigenvalue weighted by Crippen LogP contribution is -2.41. The standard InChI is InChI=1S/C17H24N2O5S/c1-3-24-16-7-5-4-6-15(16)18-17(21)8-10-19(13(2)20)14-9-11-25(22,23)12-14/h4-7,14H,3,8-12H2,1-2H3,(H,18,21). The van der Waals surface area contributed by atoms with Gasteiger partial charge in [-0.3, -0.25) is 9.59 Å². The van der Waals surface area contributed by atoms with E-state index in [4.69, 9.17) is 4.74 Å². The predicted octanol–water partition coefficient (Wildman–Crippen LogP) is 1.45. The third-order valence-electron chi connectivity index (χ3n) is 4.09. The van der Waals surface area contributed by atoms with Crippen LogP contribution < -0.4 is 10.1 Å². The van der Waals surface area contributed by atoms with Gasteiger partial charge in [0.15, 0.2) is 9.84 Å². The molecule has 1 aromatic carbocycles. The smallest absolute Gasteiger partial charge is 0.226 e. The third kappa shape index (κ3) is 5.45. The highest BCUT2D eigenvalue weighted by atomic mass is 32.2. The number of benzene rings is 1. The van der Waals surface area contributed by atoms with Crippen molar-refractivity contribution in [3.63, 3.8) is 0 Å². The maximum atomic E-state index is 12.2. The van der Waals surface area contributed by atoms with Crippen LogP contribution in [0.25, 0.3) is 0 Å². The van der Waals surface area contributed by atoms with Crippen molar-refractivity contribution in [2.24, 2.45) is 0 Å². The molecule has 1 N–H and O–H groups in total. The Morgan fingerprint density at radius 2 is 2.04 bits per heavy atom. The molecule has 1 aromatic rings. The summed E-state index contributed by atoms with van der Waals surface area (Å²) >= 11 is 0. The first-order chi connectivity index (χ1) is 11.8. The molecule has 0 radical (unpaired) electrons.